The van der Waals surface area contributed by atoms with Crippen molar-refractivity contribution in [3.8, 4) is 5.75 Å². The smallest absolute Gasteiger partial charge is 0.223 e. The molecule has 4 heteroatoms. The van der Waals surface area contributed by atoms with E-state index in [-0.39, 0.29) is 12.3 Å². The van der Waals surface area contributed by atoms with Crippen LogP contribution in [-0.2, 0) is 11.3 Å². The van der Waals surface area contributed by atoms with Gasteiger partial charge in [0.25, 0.3) is 0 Å². The maximum absolute atomic E-state index is 12.1. The summed E-state index contributed by atoms with van der Waals surface area (Å²) in [5, 5.41) is 13.0. The van der Waals surface area contributed by atoms with Gasteiger partial charge in [-0.15, -0.1) is 0 Å². The van der Waals surface area contributed by atoms with E-state index in [4.69, 9.17) is 4.74 Å². The minimum absolute atomic E-state index is 0.0507. The Bertz CT molecular complexity index is 668. The zero-order chi connectivity index (χ0) is 16.8. The van der Waals surface area contributed by atoms with Crippen LogP contribution in [0.5, 0.6) is 5.75 Å². The lowest BCUT2D eigenvalue weighted by Crippen LogP contribution is -2.25. The summed E-state index contributed by atoms with van der Waals surface area (Å²) in [7, 11) is 0. The lowest BCUT2D eigenvalue weighted by molar-refractivity contribution is -0.123. The SMILES string of the molecule is O=C(CC(O)c1ccccc1)NCc1ccccc1OCC1CC1. The molecule has 126 valence electrons. The number of nitrogens with one attached hydrogen (secondary N) is 1. The van der Waals surface area contributed by atoms with Crippen molar-refractivity contribution in [3.63, 3.8) is 0 Å². The predicted molar refractivity (Wildman–Crippen MR) is 92.5 cm³/mol. The monoisotopic (exact) mass is 325 g/mol. The maximum Gasteiger partial charge on any atom is 0.223 e. The van der Waals surface area contributed by atoms with Gasteiger partial charge in [0, 0.05) is 12.1 Å². The summed E-state index contributed by atoms with van der Waals surface area (Å²) in [4.78, 5) is 12.1. The number of hydrogen-bond donors (Lipinski definition) is 2. The molecule has 1 atom stereocenters. The Labute approximate surface area is 142 Å². The van der Waals surface area contributed by atoms with Gasteiger partial charge in [-0.1, -0.05) is 48.5 Å². The zero-order valence-corrected chi connectivity index (χ0v) is 13.7. The highest BCUT2D eigenvalue weighted by Gasteiger charge is 2.22. The molecule has 0 bridgehead atoms. The van der Waals surface area contributed by atoms with Gasteiger partial charge in [0.15, 0.2) is 0 Å². The number of aliphatic hydroxyl groups is 1. The van der Waals surface area contributed by atoms with Crippen molar-refractivity contribution in [2.75, 3.05) is 6.61 Å². The topological polar surface area (TPSA) is 58.6 Å². The van der Waals surface area contributed by atoms with Gasteiger partial charge in [-0.3, -0.25) is 4.79 Å². The van der Waals surface area contributed by atoms with Crippen molar-refractivity contribution >= 4 is 5.91 Å². The number of ether oxygens (including phenoxy) is 1. The number of benzene rings is 2. The second-order valence-corrected chi connectivity index (χ2v) is 6.27. The van der Waals surface area contributed by atoms with Crippen LogP contribution in [0, 0.1) is 5.92 Å². The van der Waals surface area contributed by atoms with E-state index in [0.29, 0.717) is 12.5 Å². The van der Waals surface area contributed by atoms with E-state index < -0.39 is 6.10 Å². The van der Waals surface area contributed by atoms with Crippen LogP contribution in [0.2, 0.25) is 0 Å². The van der Waals surface area contributed by atoms with E-state index in [0.717, 1.165) is 23.5 Å². The van der Waals surface area contributed by atoms with Crippen LogP contribution < -0.4 is 10.1 Å². The first-order valence-electron chi connectivity index (χ1n) is 8.43. The highest BCUT2D eigenvalue weighted by molar-refractivity contribution is 5.76. The Morgan fingerprint density at radius 3 is 2.58 bits per heavy atom. The molecule has 3 rings (SSSR count). The third kappa shape index (κ3) is 4.83. The summed E-state index contributed by atoms with van der Waals surface area (Å²) in [6.07, 6.45) is 1.76. The summed E-state index contributed by atoms with van der Waals surface area (Å²) < 4.78 is 5.84. The van der Waals surface area contributed by atoms with Crippen LogP contribution in [-0.4, -0.2) is 17.6 Å². The van der Waals surface area contributed by atoms with Crippen molar-refractivity contribution in [3.05, 3.63) is 65.7 Å². The van der Waals surface area contributed by atoms with Gasteiger partial charge < -0.3 is 15.2 Å². The fourth-order valence-corrected chi connectivity index (χ4v) is 2.52. The first-order valence-corrected chi connectivity index (χ1v) is 8.43. The first-order chi connectivity index (χ1) is 11.7. The Balaban J connectivity index is 1.50. The fraction of sp³-hybridized carbons (Fsp3) is 0.350. The second-order valence-electron chi connectivity index (χ2n) is 6.27. The zero-order valence-electron chi connectivity index (χ0n) is 13.7. The molecule has 1 amide bonds. The average molecular weight is 325 g/mol. The van der Waals surface area contributed by atoms with Gasteiger partial charge >= 0.3 is 0 Å². The Kier molecular flexibility index (Phi) is 5.49. The molecule has 1 aliphatic carbocycles. The van der Waals surface area contributed by atoms with Gasteiger partial charge in [-0.05, 0) is 30.4 Å². The lowest BCUT2D eigenvalue weighted by Gasteiger charge is -2.13. The maximum atomic E-state index is 12.1. The number of aliphatic hydroxyl groups excluding tert-OH is 1. The molecule has 2 N–H and O–H groups in total. The second kappa shape index (κ2) is 7.97. The minimum atomic E-state index is -0.785. The Morgan fingerprint density at radius 1 is 1.12 bits per heavy atom. The number of hydrogen-bond acceptors (Lipinski definition) is 3. The molecule has 0 saturated heterocycles. The van der Waals surface area contributed by atoms with Crippen molar-refractivity contribution < 1.29 is 14.6 Å². The molecule has 1 aliphatic rings. The summed E-state index contributed by atoms with van der Waals surface area (Å²) in [6.45, 7) is 1.15. The van der Waals surface area contributed by atoms with E-state index in [2.05, 4.69) is 5.32 Å². The number of para-hydroxylation sites is 1. The molecule has 1 unspecified atom stereocenters. The van der Waals surface area contributed by atoms with E-state index in [1.165, 1.54) is 12.8 Å². The van der Waals surface area contributed by atoms with Crippen LogP contribution in [0.25, 0.3) is 0 Å². The van der Waals surface area contributed by atoms with Crippen molar-refractivity contribution in [1.29, 1.82) is 0 Å². The molecule has 0 aromatic heterocycles. The van der Waals surface area contributed by atoms with Crippen LogP contribution in [0.1, 0.15) is 36.5 Å². The average Bonchev–Trinajstić information content (AvgIpc) is 3.44. The Morgan fingerprint density at radius 2 is 1.83 bits per heavy atom. The van der Waals surface area contributed by atoms with E-state index in [9.17, 15) is 9.90 Å². The highest BCUT2D eigenvalue weighted by Crippen LogP contribution is 2.30. The normalized spacial score (nSPS) is 14.9. The third-order valence-corrected chi connectivity index (χ3v) is 4.18. The van der Waals surface area contributed by atoms with E-state index >= 15 is 0 Å². The molecule has 0 heterocycles. The molecular formula is C20H23NO3. The van der Waals surface area contributed by atoms with Crippen LogP contribution in [0.3, 0.4) is 0 Å². The first kappa shape index (κ1) is 16.5. The molecule has 2 aromatic carbocycles. The molecular weight excluding hydrogens is 302 g/mol. The third-order valence-electron chi connectivity index (χ3n) is 4.18. The predicted octanol–water partition coefficient (Wildman–Crippen LogP) is 3.22. The highest BCUT2D eigenvalue weighted by atomic mass is 16.5. The molecule has 24 heavy (non-hydrogen) atoms. The standard InChI is InChI=1S/C20H23NO3/c22-18(16-6-2-1-3-7-16)12-20(23)21-13-17-8-4-5-9-19(17)24-14-15-10-11-15/h1-9,15,18,22H,10-14H2,(H,21,23). The van der Waals surface area contributed by atoms with Crippen molar-refractivity contribution in [2.24, 2.45) is 5.92 Å². The summed E-state index contributed by atoms with van der Waals surface area (Å²) in [5.41, 5.74) is 1.71. The van der Waals surface area contributed by atoms with Gasteiger partial charge in [0.1, 0.15) is 5.75 Å². The van der Waals surface area contributed by atoms with Crippen LogP contribution in [0.15, 0.2) is 54.6 Å². The van der Waals surface area contributed by atoms with Crippen LogP contribution in [0.4, 0.5) is 0 Å². The van der Waals surface area contributed by atoms with Gasteiger partial charge in [0.2, 0.25) is 5.91 Å². The van der Waals surface area contributed by atoms with E-state index in [1.54, 1.807) is 0 Å². The minimum Gasteiger partial charge on any atom is -0.493 e. The number of carbonyl (C=O) groups is 1. The molecule has 2 aromatic rings. The summed E-state index contributed by atoms with van der Waals surface area (Å²) in [6, 6.07) is 17.0. The molecule has 4 nitrogen and oxygen atoms in total. The van der Waals surface area contributed by atoms with Crippen molar-refractivity contribution in [1.82, 2.24) is 5.32 Å². The van der Waals surface area contributed by atoms with Crippen molar-refractivity contribution in [2.45, 2.75) is 31.9 Å². The largest absolute Gasteiger partial charge is 0.493 e. The molecule has 1 saturated carbocycles. The fourth-order valence-electron chi connectivity index (χ4n) is 2.52. The molecule has 0 aliphatic heterocycles. The lowest BCUT2D eigenvalue weighted by atomic mass is 10.1. The quantitative estimate of drug-likeness (QED) is 0.783. The van der Waals surface area contributed by atoms with Gasteiger partial charge in [0.05, 0.1) is 19.1 Å². The number of amides is 1. The van der Waals surface area contributed by atoms with Gasteiger partial charge in [-0.25, -0.2) is 0 Å². The molecule has 0 spiro atoms. The number of rotatable bonds is 8. The Hall–Kier alpha value is -2.33. The summed E-state index contributed by atoms with van der Waals surface area (Å²) >= 11 is 0. The number of carbonyl (C=O) groups excluding carboxylic acids is 1. The van der Waals surface area contributed by atoms with Crippen LogP contribution >= 0.6 is 0 Å². The van der Waals surface area contributed by atoms with Gasteiger partial charge in [-0.2, -0.15) is 0 Å². The molecule has 0 radical (unpaired) electrons. The summed E-state index contributed by atoms with van der Waals surface area (Å²) in [5.74, 6) is 1.34. The van der Waals surface area contributed by atoms with E-state index in [1.807, 2.05) is 54.6 Å². The molecule has 1 fully saturated rings.